The van der Waals surface area contributed by atoms with Gasteiger partial charge in [-0.1, -0.05) is 5.57 Å². The Balaban J connectivity index is 2.41. The summed E-state index contributed by atoms with van der Waals surface area (Å²) in [5.74, 6) is -0.0175. The van der Waals surface area contributed by atoms with Crippen LogP contribution in [-0.4, -0.2) is 5.91 Å². The van der Waals surface area contributed by atoms with Crippen molar-refractivity contribution in [1.82, 2.24) is 5.32 Å². The van der Waals surface area contributed by atoms with Gasteiger partial charge in [0.25, 0.3) is 0 Å². The van der Waals surface area contributed by atoms with Crippen LogP contribution in [0.4, 0.5) is 0 Å². The fourth-order valence-corrected chi connectivity index (χ4v) is 1.90. The Hall–Kier alpha value is -1.09. The van der Waals surface area contributed by atoms with Gasteiger partial charge in [-0.05, 0) is 32.9 Å². The van der Waals surface area contributed by atoms with Gasteiger partial charge < -0.3 is 5.32 Å². The van der Waals surface area contributed by atoms with Crippen LogP contribution in [-0.2, 0) is 11.3 Å². The van der Waals surface area contributed by atoms with E-state index in [0.29, 0.717) is 6.54 Å². The molecule has 1 N–H and O–H groups in total. The van der Waals surface area contributed by atoms with Crippen molar-refractivity contribution in [3.63, 3.8) is 0 Å². The van der Waals surface area contributed by atoms with E-state index in [1.807, 2.05) is 19.9 Å². The lowest BCUT2D eigenvalue weighted by Gasteiger charge is -1.99. The molecule has 0 bridgehead atoms. The van der Waals surface area contributed by atoms with Crippen molar-refractivity contribution >= 4 is 17.2 Å². The number of carbonyl (C=O) groups excluding carboxylic acids is 1. The molecule has 0 aromatic carbocycles. The minimum absolute atomic E-state index is 0.0175. The number of rotatable bonds is 3. The van der Waals surface area contributed by atoms with E-state index in [2.05, 4.69) is 18.3 Å². The zero-order valence-electron chi connectivity index (χ0n) is 8.76. The Labute approximate surface area is 88.6 Å². The third kappa shape index (κ3) is 3.75. The molecular weight excluding hydrogens is 194 g/mol. The van der Waals surface area contributed by atoms with Gasteiger partial charge in [0.15, 0.2) is 0 Å². The third-order valence-electron chi connectivity index (χ3n) is 1.65. The second kappa shape index (κ2) is 4.96. The molecule has 0 saturated heterocycles. The Bertz CT molecular complexity index is 348. The van der Waals surface area contributed by atoms with E-state index in [-0.39, 0.29) is 5.91 Å². The van der Waals surface area contributed by atoms with Crippen LogP contribution in [0.25, 0.3) is 0 Å². The van der Waals surface area contributed by atoms with Crippen LogP contribution in [0.1, 0.15) is 23.6 Å². The van der Waals surface area contributed by atoms with E-state index in [4.69, 9.17) is 0 Å². The predicted octanol–water partition coefficient (Wildman–Crippen LogP) is 2.64. The summed E-state index contributed by atoms with van der Waals surface area (Å²) in [5, 5.41) is 2.84. The molecule has 2 nitrogen and oxygen atoms in total. The molecule has 0 aliphatic carbocycles. The summed E-state index contributed by atoms with van der Waals surface area (Å²) in [5.41, 5.74) is 1.02. The molecule has 0 aliphatic rings. The average Bonchev–Trinajstić information content (AvgIpc) is 2.47. The van der Waals surface area contributed by atoms with Gasteiger partial charge in [-0.15, -0.1) is 11.3 Å². The smallest absolute Gasteiger partial charge is 0.244 e. The highest BCUT2D eigenvalue weighted by Gasteiger charge is 1.99. The first-order valence-electron chi connectivity index (χ1n) is 4.56. The van der Waals surface area contributed by atoms with Gasteiger partial charge in [0.2, 0.25) is 5.91 Å². The van der Waals surface area contributed by atoms with E-state index in [9.17, 15) is 4.79 Å². The standard InChI is InChI=1S/C11H15NOS/c1-8(2)6-11(13)12-7-10-5-4-9(3)14-10/h4-6H,7H2,1-3H3,(H,12,13). The van der Waals surface area contributed by atoms with Crippen molar-refractivity contribution in [2.75, 3.05) is 0 Å². The Morgan fingerprint density at radius 2 is 2.21 bits per heavy atom. The van der Waals surface area contributed by atoms with Crippen molar-refractivity contribution in [2.24, 2.45) is 0 Å². The quantitative estimate of drug-likeness (QED) is 0.762. The molecule has 1 aromatic rings. The topological polar surface area (TPSA) is 29.1 Å². The van der Waals surface area contributed by atoms with Crippen LogP contribution in [0.15, 0.2) is 23.8 Å². The fourth-order valence-electron chi connectivity index (χ4n) is 1.07. The van der Waals surface area contributed by atoms with Crippen LogP contribution < -0.4 is 5.32 Å². The van der Waals surface area contributed by atoms with E-state index >= 15 is 0 Å². The van der Waals surface area contributed by atoms with Crippen LogP contribution in [0.2, 0.25) is 0 Å². The molecule has 1 aromatic heterocycles. The number of aryl methyl sites for hydroxylation is 1. The monoisotopic (exact) mass is 209 g/mol. The molecule has 0 spiro atoms. The Morgan fingerprint density at radius 3 is 2.71 bits per heavy atom. The van der Waals surface area contributed by atoms with Gasteiger partial charge in [0.05, 0.1) is 6.54 Å². The highest BCUT2D eigenvalue weighted by molar-refractivity contribution is 7.11. The van der Waals surface area contributed by atoms with Crippen molar-refractivity contribution in [3.8, 4) is 0 Å². The van der Waals surface area contributed by atoms with Gasteiger partial charge in [0.1, 0.15) is 0 Å². The second-order valence-electron chi connectivity index (χ2n) is 3.45. The molecule has 0 fully saturated rings. The molecule has 1 amide bonds. The molecule has 3 heteroatoms. The van der Waals surface area contributed by atoms with E-state index in [0.717, 1.165) is 5.57 Å². The molecule has 14 heavy (non-hydrogen) atoms. The Morgan fingerprint density at radius 1 is 1.50 bits per heavy atom. The van der Waals surface area contributed by atoms with Crippen LogP contribution in [0.3, 0.4) is 0 Å². The molecule has 1 rings (SSSR count). The van der Waals surface area contributed by atoms with Crippen molar-refractivity contribution in [2.45, 2.75) is 27.3 Å². The number of nitrogens with one attached hydrogen (secondary N) is 1. The van der Waals surface area contributed by atoms with Crippen molar-refractivity contribution in [3.05, 3.63) is 33.5 Å². The van der Waals surface area contributed by atoms with Gasteiger partial charge in [0, 0.05) is 15.8 Å². The SMILES string of the molecule is CC(C)=CC(=O)NCc1ccc(C)s1. The zero-order chi connectivity index (χ0) is 10.6. The van der Waals surface area contributed by atoms with Crippen LogP contribution in [0, 0.1) is 6.92 Å². The molecule has 0 saturated carbocycles. The second-order valence-corrected chi connectivity index (χ2v) is 4.82. The van der Waals surface area contributed by atoms with Crippen molar-refractivity contribution < 1.29 is 4.79 Å². The lowest BCUT2D eigenvalue weighted by atomic mass is 10.3. The van der Waals surface area contributed by atoms with E-state index in [1.54, 1.807) is 17.4 Å². The summed E-state index contributed by atoms with van der Waals surface area (Å²) in [4.78, 5) is 13.7. The molecule has 76 valence electrons. The molecular formula is C11H15NOS. The van der Waals surface area contributed by atoms with Crippen LogP contribution in [0.5, 0.6) is 0 Å². The van der Waals surface area contributed by atoms with Crippen molar-refractivity contribution in [1.29, 1.82) is 0 Å². The lowest BCUT2D eigenvalue weighted by molar-refractivity contribution is -0.116. The first-order valence-corrected chi connectivity index (χ1v) is 5.37. The molecule has 0 radical (unpaired) electrons. The molecule has 0 aliphatic heterocycles. The Kier molecular flexibility index (Phi) is 3.89. The highest BCUT2D eigenvalue weighted by atomic mass is 32.1. The summed E-state index contributed by atoms with van der Waals surface area (Å²) in [6.07, 6.45) is 1.61. The molecule has 0 unspecified atom stereocenters. The molecule has 1 heterocycles. The van der Waals surface area contributed by atoms with Gasteiger partial charge in [-0.3, -0.25) is 4.79 Å². The summed E-state index contributed by atoms with van der Waals surface area (Å²) in [7, 11) is 0. The molecule has 0 atom stereocenters. The zero-order valence-corrected chi connectivity index (χ0v) is 9.57. The minimum Gasteiger partial charge on any atom is -0.348 e. The lowest BCUT2D eigenvalue weighted by Crippen LogP contribution is -2.19. The minimum atomic E-state index is -0.0175. The third-order valence-corrected chi connectivity index (χ3v) is 2.65. The summed E-state index contributed by atoms with van der Waals surface area (Å²) < 4.78 is 0. The number of hydrogen-bond acceptors (Lipinski definition) is 2. The predicted molar refractivity (Wildman–Crippen MR) is 60.3 cm³/mol. The number of thiophene rings is 1. The van der Waals surface area contributed by atoms with E-state index in [1.165, 1.54) is 9.75 Å². The highest BCUT2D eigenvalue weighted by Crippen LogP contribution is 2.14. The number of allylic oxidation sites excluding steroid dienone is 1. The van der Waals surface area contributed by atoms with Gasteiger partial charge in [-0.2, -0.15) is 0 Å². The van der Waals surface area contributed by atoms with Crippen LogP contribution >= 0.6 is 11.3 Å². The normalized spacial score (nSPS) is 9.64. The first-order chi connectivity index (χ1) is 6.58. The van der Waals surface area contributed by atoms with Gasteiger partial charge >= 0.3 is 0 Å². The van der Waals surface area contributed by atoms with E-state index < -0.39 is 0 Å². The largest absolute Gasteiger partial charge is 0.348 e. The van der Waals surface area contributed by atoms with Gasteiger partial charge in [-0.25, -0.2) is 0 Å². The number of carbonyl (C=O) groups is 1. The summed E-state index contributed by atoms with van der Waals surface area (Å²) in [6, 6.07) is 4.11. The maximum Gasteiger partial charge on any atom is 0.244 e. The fraction of sp³-hybridized carbons (Fsp3) is 0.364. The number of amides is 1. The first kappa shape index (κ1) is 11.0. The maximum absolute atomic E-state index is 11.3. The number of hydrogen-bond donors (Lipinski definition) is 1. The average molecular weight is 209 g/mol. The summed E-state index contributed by atoms with van der Waals surface area (Å²) >= 11 is 1.71. The maximum atomic E-state index is 11.3. The summed E-state index contributed by atoms with van der Waals surface area (Å²) in [6.45, 7) is 6.51.